The quantitative estimate of drug-likeness (QED) is 0.551. The number of carbonyl (C=O) groups excluding carboxylic acids is 2. The Morgan fingerprint density at radius 2 is 1.70 bits per heavy atom. The van der Waals surface area contributed by atoms with Gasteiger partial charge in [-0.25, -0.2) is 0 Å². The van der Waals surface area contributed by atoms with Crippen molar-refractivity contribution in [2.24, 2.45) is 5.92 Å². The van der Waals surface area contributed by atoms with Crippen molar-refractivity contribution < 1.29 is 9.59 Å². The summed E-state index contributed by atoms with van der Waals surface area (Å²) < 4.78 is 0. The maximum absolute atomic E-state index is 13.3. The number of nitrogens with zero attached hydrogens (tertiary/aromatic N) is 3. The van der Waals surface area contributed by atoms with Crippen LogP contribution in [0.15, 0.2) is 79.1 Å². The van der Waals surface area contributed by atoms with Crippen LogP contribution >= 0.6 is 0 Å². The van der Waals surface area contributed by atoms with Crippen LogP contribution in [0.3, 0.4) is 0 Å². The fourth-order valence-corrected chi connectivity index (χ4v) is 4.45. The zero-order chi connectivity index (χ0) is 23.0. The normalized spacial score (nSPS) is 16.5. The Kier molecular flexibility index (Phi) is 7.51. The monoisotopic (exact) mass is 441 g/mol. The first-order valence-electron chi connectivity index (χ1n) is 11.7. The average molecular weight is 442 g/mol. The summed E-state index contributed by atoms with van der Waals surface area (Å²) in [6.45, 7) is 4.44. The minimum absolute atomic E-state index is 0.0542. The van der Waals surface area contributed by atoms with Crippen LogP contribution in [0.2, 0.25) is 0 Å². The summed E-state index contributed by atoms with van der Waals surface area (Å²) in [5.41, 5.74) is 4.35. The molecule has 33 heavy (non-hydrogen) atoms. The molecule has 1 unspecified atom stereocenters. The Morgan fingerprint density at radius 1 is 0.939 bits per heavy atom. The highest BCUT2D eigenvalue weighted by Gasteiger charge is 2.32. The molecule has 0 aliphatic carbocycles. The minimum Gasteiger partial charge on any atom is -0.341 e. The van der Waals surface area contributed by atoms with Crippen LogP contribution in [-0.4, -0.2) is 52.8 Å². The van der Waals surface area contributed by atoms with Gasteiger partial charge in [0, 0.05) is 38.6 Å². The summed E-state index contributed by atoms with van der Waals surface area (Å²) in [6, 6.07) is 22.5. The molecule has 5 nitrogen and oxygen atoms in total. The fraction of sp³-hybridized carbons (Fsp3) is 0.321. The van der Waals surface area contributed by atoms with Gasteiger partial charge in [-0.3, -0.25) is 14.6 Å². The molecule has 0 saturated carbocycles. The number of amides is 2. The van der Waals surface area contributed by atoms with Crippen molar-refractivity contribution in [1.29, 1.82) is 0 Å². The summed E-state index contributed by atoms with van der Waals surface area (Å²) in [5.74, 6) is -0.0290. The summed E-state index contributed by atoms with van der Waals surface area (Å²) in [4.78, 5) is 34.3. The van der Waals surface area contributed by atoms with Gasteiger partial charge < -0.3 is 9.80 Å². The van der Waals surface area contributed by atoms with E-state index < -0.39 is 0 Å². The van der Waals surface area contributed by atoms with Crippen LogP contribution in [0.4, 0.5) is 0 Å². The smallest absolute Gasteiger partial charge is 0.227 e. The van der Waals surface area contributed by atoms with Gasteiger partial charge in [-0.2, -0.15) is 0 Å². The molecule has 0 spiro atoms. The van der Waals surface area contributed by atoms with Crippen LogP contribution in [0.1, 0.15) is 24.5 Å². The molecule has 1 fully saturated rings. The molecule has 2 aromatic carbocycles. The number of hydrogen-bond donors (Lipinski definition) is 0. The third-order valence-electron chi connectivity index (χ3n) is 6.21. The van der Waals surface area contributed by atoms with Crippen LogP contribution in [0.5, 0.6) is 0 Å². The van der Waals surface area contributed by atoms with Gasteiger partial charge >= 0.3 is 0 Å². The molecule has 1 aliphatic rings. The van der Waals surface area contributed by atoms with E-state index in [-0.39, 0.29) is 17.7 Å². The minimum atomic E-state index is -0.237. The molecule has 0 bridgehead atoms. The van der Waals surface area contributed by atoms with Crippen LogP contribution in [-0.2, 0) is 22.4 Å². The molecule has 0 radical (unpaired) electrons. The molecule has 0 N–H and O–H groups in total. The maximum Gasteiger partial charge on any atom is 0.227 e. The Labute approximate surface area is 196 Å². The topological polar surface area (TPSA) is 53.5 Å². The third-order valence-corrected chi connectivity index (χ3v) is 6.21. The van der Waals surface area contributed by atoms with E-state index in [0.29, 0.717) is 32.5 Å². The predicted molar refractivity (Wildman–Crippen MR) is 130 cm³/mol. The van der Waals surface area contributed by atoms with Crippen LogP contribution in [0, 0.1) is 5.92 Å². The Hall–Kier alpha value is -3.47. The van der Waals surface area contributed by atoms with Crippen molar-refractivity contribution in [2.45, 2.75) is 26.2 Å². The molecule has 4 rings (SSSR count). The molecular weight excluding hydrogens is 410 g/mol. The molecule has 5 heteroatoms. The highest BCUT2D eigenvalue weighted by Crippen LogP contribution is 2.22. The zero-order valence-electron chi connectivity index (χ0n) is 19.2. The highest BCUT2D eigenvalue weighted by molar-refractivity contribution is 5.83. The SMILES string of the molecule is CCCN1CCN(C(=O)Cc2cccnc2)CC(Cc2ccc(-c3ccccc3)cc2)C1=O. The van der Waals surface area contributed by atoms with E-state index in [2.05, 4.69) is 48.3 Å². The van der Waals surface area contributed by atoms with Crippen molar-refractivity contribution in [3.8, 4) is 11.1 Å². The van der Waals surface area contributed by atoms with Gasteiger partial charge in [0.05, 0.1) is 12.3 Å². The number of benzene rings is 2. The lowest BCUT2D eigenvalue weighted by Gasteiger charge is -2.24. The van der Waals surface area contributed by atoms with Crippen molar-refractivity contribution in [3.05, 3.63) is 90.3 Å². The molecule has 1 saturated heterocycles. The number of carbonyl (C=O) groups is 2. The van der Waals surface area contributed by atoms with Gasteiger partial charge in [-0.05, 0) is 41.2 Å². The van der Waals surface area contributed by atoms with Crippen LogP contribution in [0.25, 0.3) is 11.1 Å². The molecule has 170 valence electrons. The van der Waals surface area contributed by atoms with Crippen molar-refractivity contribution in [2.75, 3.05) is 26.2 Å². The van der Waals surface area contributed by atoms with E-state index in [0.717, 1.165) is 29.7 Å². The standard InChI is InChI=1S/C28H31N3O2/c1-2-15-30-16-17-31(27(32)19-23-7-6-14-29-20-23)21-26(28(30)33)18-22-10-12-25(13-11-22)24-8-4-3-5-9-24/h3-14,20,26H,2,15-19,21H2,1H3. The maximum atomic E-state index is 13.3. The second-order valence-electron chi connectivity index (χ2n) is 8.67. The number of hydrogen-bond acceptors (Lipinski definition) is 3. The van der Waals surface area contributed by atoms with Gasteiger partial charge in [0.25, 0.3) is 0 Å². The van der Waals surface area contributed by atoms with Crippen molar-refractivity contribution in [1.82, 2.24) is 14.8 Å². The van der Waals surface area contributed by atoms with E-state index in [1.54, 1.807) is 12.4 Å². The Balaban J connectivity index is 1.49. The van der Waals surface area contributed by atoms with Gasteiger partial charge in [0.2, 0.25) is 11.8 Å². The molecular formula is C28H31N3O2. The van der Waals surface area contributed by atoms with E-state index in [1.807, 2.05) is 40.1 Å². The fourth-order valence-electron chi connectivity index (χ4n) is 4.45. The lowest BCUT2D eigenvalue weighted by atomic mass is 9.95. The van der Waals surface area contributed by atoms with Gasteiger partial charge in [0.15, 0.2) is 0 Å². The summed E-state index contributed by atoms with van der Waals surface area (Å²) in [5, 5.41) is 0. The van der Waals surface area contributed by atoms with E-state index in [4.69, 9.17) is 0 Å². The lowest BCUT2D eigenvalue weighted by Crippen LogP contribution is -2.38. The molecule has 1 aliphatic heterocycles. The third kappa shape index (κ3) is 5.86. The second-order valence-corrected chi connectivity index (χ2v) is 8.67. The van der Waals surface area contributed by atoms with Crippen molar-refractivity contribution >= 4 is 11.8 Å². The average Bonchev–Trinajstić information content (AvgIpc) is 3.00. The van der Waals surface area contributed by atoms with E-state index in [9.17, 15) is 9.59 Å². The second kappa shape index (κ2) is 10.9. The van der Waals surface area contributed by atoms with Crippen LogP contribution < -0.4 is 0 Å². The first-order valence-corrected chi connectivity index (χ1v) is 11.7. The Bertz CT molecular complexity index is 1050. The summed E-state index contributed by atoms with van der Waals surface area (Å²) in [7, 11) is 0. The molecule has 1 atom stereocenters. The predicted octanol–water partition coefficient (Wildman–Crippen LogP) is 4.23. The largest absolute Gasteiger partial charge is 0.341 e. The lowest BCUT2D eigenvalue weighted by molar-refractivity contribution is -0.135. The van der Waals surface area contributed by atoms with Gasteiger partial charge in [-0.15, -0.1) is 0 Å². The number of rotatable bonds is 7. The molecule has 2 amide bonds. The summed E-state index contributed by atoms with van der Waals surface area (Å²) in [6.07, 6.45) is 5.29. The van der Waals surface area contributed by atoms with Gasteiger partial charge in [-0.1, -0.05) is 67.6 Å². The zero-order valence-corrected chi connectivity index (χ0v) is 19.2. The van der Waals surface area contributed by atoms with E-state index in [1.165, 1.54) is 5.56 Å². The molecule has 2 heterocycles. The first-order chi connectivity index (χ1) is 16.1. The molecule has 1 aromatic heterocycles. The number of pyridine rings is 1. The van der Waals surface area contributed by atoms with Crippen molar-refractivity contribution in [3.63, 3.8) is 0 Å². The highest BCUT2D eigenvalue weighted by atomic mass is 16.2. The molecule has 3 aromatic rings. The summed E-state index contributed by atoms with van der Waals surface area (Å²) >= 11 is 0. The van der Waals surface area contributed by atoms with E-state index >= 15 is 0 Å². The van der Waals surface area contributed by atoms with Gasteiger partial charge in [0.1, 0.15) is 0 Å². The first kappa shape index (κ1) is 22.7. The number of aromatic nitrogens is 1. The Morgan fingerprint density at radius 3 is 2.39 bits per heavy atom.